The van der Waals surface area contributed by atoms with Crippen molar-refractivity contribution in [3.05, 3.63) is 53.1 Å². The first-order chi connectivity index (χ1) is 19.3. The van der Waals surface area contributed by atoms with E-state index in [-0.39, 0.29) is 37.5 Å². The van der Waals surface area contributed by atoms with Crippen molar-refractivity contribution >= 4 is 29.2 Å². The summed E-state index contributed by atoms with van der Waals surface area (Å²) in [4.78, 5) is 28.2. The molecule has 2 aromatic rings. The van der Waals surface area contributed by atoms with Crippen molar-refractivity contribution < 1.29 is 56.4 Å². The molecule has 1 heterocycles. The van der Waals surface area contributed by atoms with Gasteiger partial charge in [-0.05, 0) is 36.2 Å². The van der Waals surface area contributed by atoms with Crippen LogP contribution in [0.2, 0.25) is 0 Å². The molecule has 3 rings (SSSR count). The van der Waals surface area contributed by atoms with E-state index in [1.54, 1.807) is 0 Å². The third kappa shape index (κ3) is 8.39. The van der Waals surface area contributed by atoms with E-state index in [0.29, 0.717) is 23.8 Å². The SMILES string of the molecule is CC(O)(c1cc(C(CC(=O)O)NC(=O)CNc2cc(O)cc(NC3=NCC(O)CN3)c2)cc(C(F)(F)F)c1)C(F)(F)F. The quantitative estimate of drug-likeness (QED) is 0.199. The maximum atomic E-state index is 13.5. The van der Waals surface area contributed by atoms with E-state index in [0.717, 1.165) is 0 Å². The average Bonchev–Trinajstić information content (AvgIpc) is 2.86. The molecule has 3 unspecified atom stereocenters. The summed E-state index contributed by atoms with van der Waals surface area (Å²) in [5.41, 5.74) is -6.64. The number of nitrogens with one attached hydrogen (secondary N) is 4. The number of guanidine groups is 1. The molecule has 8 N–H and O–H groups in total. The zero-order valence-electron chi connectivity index (χ0n) is 21.8. The Morgan fingerprint density at radius 3 is 2.26 bits per heavy atom. The molecule has 0 aromatic heterocycles. The van der Waals surface area contributed by atoms with Gasteiger partial charge in [0.15, 0.2) is 11.6 Å². The number of amides is 1. The number of nitrogens with zero attached hydrogens (tertiary/aromatic N) is 1. The Labute approximate surface area is 234 Å². The minimum Gasteiger partial charge on any atom is -0.508 e. The zero-order valence-corrected chi connectivity index (χ0v) is 21.8. The van der Waals surface area contributed by atoms with Crippen molar-refractivity contribution in [3.8, 4) is 5.75 Å². The first-order valence-corrected chi connectivity index (χ1v) is 12.2. The number of phenolic OH excluding ortho intramolecular Hbond substituents is 1. The molecule has 1 amide bonds. The lowest BCUT2D eigenvalue weighted by molar-refractivity contribution is -0.259. The van der Waals surface area contributed by atoms with E-state index in [1.807, 2.05) is 0 Å². The second-order valence-corrected chi connectivity index (χ2v) is 9.60. The first-order valence-electron chi connectivity index (χ1n) is 12.2. The fraction of sp³-hybridized carbons (Fsp3) is 0.400. The van der Waals surface area contributed by atoms with E-state index in [9.17, 15) is 56.4 Å². The predicted molar refractivity (Wildman–Crippen MR) is 137 cm³/mol. The molecule has 1 aliphatic heterocycles. The number of alkyl halides is 6. The number of aliphatic imine (C=N–C) groups is 1. The number of benzene rings is 2. The number of hydrogen-bond acceptors (Lipinski definition) is 9. The Kier molecular flexibility index (Phi) is 9.46. The maximum Gasteiger partial charge on any atom is 0.421 e. The summed E-state index contributed by atoms with van der Waals surface area (Å²) in [6, 6.07) is 3.34. The lowest BCUT2D eigenvalue weighted by Gasteiger charge is -2.29. The molecule has 3 atom stereocenters. The number of phenols is 1. The Morgan fingerprint density at radius 2 is 1.69 bits per heavy atom. The van der Waals surface area contributed by atoms with Crippen molar-refractivity contribution in [3.63, 3.8) is 0 Å². The van der Waals surface area contributed by atoms with Crippen molar-refractivity contribution in [2.45, 2.75) is 43.4 Å². The number of aliphatic hydroxyl groups is 2. The van der Waals surface area contributed by atoms with Gasteiger partial charge < -0.3 is 41.7 Å². The zero-order chi connectivity index (χ0) is 31.5. The third-order valence-corrected chi connectivity index (χ3v) is 6.11. The molecule has 230 valence electrons. The molecule has 42 heavy (non-hydrogen) atoms. The highest BCUT2D eigenvalue weighted by Crippen LogP contribution is 2.42. The highest BCUT2D eigenvalue weighted by molar-refractivity contribution is 5.94. The molecule has 0 radical (unpaired) electrons. The van der Waals surface area contributed by atoms with Gasteiger partial charge in [0.1, 0.15) is 5.75 Å². The van der Waals surface area contributed by atoms with Crippen molar-refractivity contribution in [1.82, 2.24) is 10.6 Å². The highest BCUT2D eigenvalue weighted by atomic mass is 19.4. The minimum atomic E-state index is -5.38. The summed E-state index contributed by atoms with van der Waals surface area (Å²) in [6.45, 7) is 0.0305. The summed E-state index contributed by atoms with van der Waals surface area (Å²) in [5.74, 6) is -2.47. The lowest BCUT2D eigenvalue weighted by Crippen LogP contribution is -2.42. The number of aromatic hydroxyl groups is 1. The summed E-state index contributed by atoms with van der Waals surface area (Å²) < 4.78 is 80.9. The molecule has 0 spiro atoms. The van der Waals surface area contributed by atoms with Crippen molar-refractivity contribution in [2.24, 2.45) is 4.99 Å². The second-order valence-electron chi connectivity index (χ2n) is 9.60. The van der Waals surface area contributed by atoms with Crippen LogP contribution in [0, 0.1) is 0 Å². The van der Waals surface area contributed by atoms with Gasteiger partial charge in [0, 0.05) is 30.1 Å². The maximum absolute atomic E-state index is 13.5. The van der Waals surface area contributed by atoms with Crippen LogP contribution in [0.5, 0.6) is 5.75 Å². The minimum absolute atomic E-state index is 0.0994. The van der Waals surface area contributed by atoms with E-state index in [1.165, 1.54) is 18.2 Å². The van der Waals surface area contributed by atoms with Gasteiger partial charge in [0.25, 0.3) is 0 Å². The molecule has 0 fully saturated rings. The van der Waals surface area contributed by atoms with E-state index in [4.69, 9.17) is 0 Å². The number of aliphatic hydroxyl groups excluding tert-OH is 1. The molecule has 0 bridgehead atoms. The van der Waals surface area contributed by atoms with Crippen LogP contribution in [0.3, 0.4) is 0 Å². The average molecular weight is 608 g/mol. The van der Waals surface area contributed by atoms with Crippen LogP contribution < -0.4 is 21.3 Å². The molecule has 0 saturated carbocycles. The van der Waals surface area contributed by atoms with Crippen molar-refractivity contribution in [1.29, 1.82) is 0 Å². The Morgan fingerprint density at radius 1 is 1.05 bits per heavy atom. The number of hydrogen-bond donors (Lipinski definition) is 8. The standard InChI is InChI=1S/C25H27F6N5O6/c1-23(42,25(29,30)31)13-2-12(3-14(4-13)24(26,27)28)19(8-21(40)41)36-20(39)11-32-15-5-16(7-17(37)6-15)35-22-33-9-18(38)10-34-22/h2-7,18-19,32,37-38,42H,8-11H2,1H3,(H,36,39)(H,40,41)(H2,33,34,35). The number of carboxylic acids is 1. The second kappa shape index (κ2) is 12.3. The van der Waals surface area contributed by atoms with Gasteiger partial charge >= 0.3 is 18.3 Å². The van der Waals surface area contributed by atoms with E-state index >= 15 is 0 Å². The molecular weight excluding hydrogens is 580 g/mol. The highest BCUT2D eigenvalue weighted by Gasteiger charge is 2.52. The number of carbonyl (C=O) groups is 2. The fourth-order valence-corrected chi connectivity index (χ4v) is 3.85. The van der Waals surface area contributed by atoms with Crippen LogP contribution in [0.1, 0.15) is 36.1 Å². The van der Waals surface area contributed by atoms with Gasteiger partial charge in [-0.25, -0.2) is 0 Å². The van der Waals surface area contributed by atoms with Crippen LogP contribution in [0.25, 0.3) is 0 Å². The first kappa shape index (κ1) is 32.3. The molecular formula is C25H27F6N5O6. The number of anilines is 2. The predicted octanol–water partition coefficient (Wildman–Crippen LogP) is 2.66. The largest absolute Gasteiger partial charge is 0.508 e. The number of halogens is 6. The molecule has 1 aliphatic rings. The smallest absolute Gasteiger partial charge is 0.421 e. The van der Waals surface area contributed by atoms with Gasteiger partial charge in [-0.1, -0.05) is 6.07 Å². The molecule has 11 nitrogen and oxygen atoms in total. The number of carboxylic acid groups (broad SMARTS) is 1. The molecule has 0 saturated heterocycles. The summed E-state index contributed by atoms with van der Waals surface area (Å²) in [5, 5.41) is 49.3. The van der Waals surface area contributed by atoms with Gasteiger partial charge in [0.05, 0.1) is 37.2 Å². The van der Waals surface area contributed by atoms with Gasteiger partial charge in [-0.2, -0.15) is 26.3 Å². The van der Waals surface area contributed by atoms with Crippen LogP contribution in [-0.4, -0.2) is 70.2 Å². The van der Waals surface area contributed by atoms with Crippen molar-refractivity contribution in [2.75, 3.05) is 30.3 Å². The summed E-state index contributed by atoms with van der Waals surface area (Å²) in [6.07, 6.45) is -12.2. The summed E-state index contributed by atoms with van der Waals surface area (Å²) >= 11 is 0. The van der Waals surface area contributed by atoms with Crippen LogP contribution in [0.15, 0.2) is 41.4 Å². The normalized spacial score (nSPS) is 17.7. The summed E-state index contributed by atoms with van der Waals surface area (Å²) in [7, 11) is 0. The van der Waals surface area contributed by atoms with E-state index < -0.39 is 71.6 Å². The van der Waals surface area contributed by atoms with Crippen LogP contribution >= 0.6 is 0 Å². The lowest BCUT2D eigenvalue weighted by atomic mass is 9.89. The Hall–Kier alpha value is -4.25. The fourth-order valence-electron chi connectivity index (χ4n) is 3.85. The monoisotopic (exact) mass is 607 g/mol. The van der Waals surface area contributed by atoms with E-state index in [2.05, 4.69) is 26.3 Å². The van der Waals surface area contributed by atoms with Crippen LogP contribution in [0.4, 0.5) is 37.7 Å². The molecule has 0 aliphatic carbocycles. The third-order valence-electron chi connectivity index (χ3n) is 6.11. The number of carbonyl (C=O) groups excluding carboxylic acids is 1. The topological polar surface area (TPSA) is 176 Å². The van der Waals surface area contributed by atoms with Gasteiger partial charge in [0.2, 0.25) is 5.91 Å². The Balaban J connectivity index is 1.82. The molecule has 17 heteroatoms. The van der Waals surface area contributed by atoms with Gasteiger partial charge in [-0.15, -0.1) is 0 Å². The molecule has 2 aromatic carbocycles. The number of aliphatic carboxylic acids is 1. The van der Waals surface area contributed by atoms with Crippen LogP contribution in [-0.2, 0) is 21.4 Å². The number of β-amino-alcohol motifs (C(OH)–C–C–N with tert-alkyl or cyclic N) is 1. The Bertz CT molecular complexity index is 1350. The van der Waals surface area contributed by atoms with Gasteiger partial charge in [-0.3, -0.25) is 14.6 Å². The number of rotatable bonds is 9.